The second kappa shape index (κ2) is 15.5. The van der Waals surface area contributed by atoms with Crippen LogP contribution in [-0.2, 0) is 19.1 Å². The summed E-state index contributed by atoms with van der Waals surface area (Å²) >= 11 is 0. The van der Waals surface area contributed by atoms with Gasteiger partial charge in [0.25, 0.3) is 0 Å². The van der Waals surface area contributed by atoms with Gasteiger partial charge in [0.2, 0.25) is 0 Å². The fourth-order valence-electron chi connectivity index (χ4n) is 1.86. The third-order valence-corrected chi connectivity index (χ3v) is 3.16. The summed E-state index contributed by atoms with van der Waals surface area (Å²) in [5, 5.41) is 10.2. The van der Waals surface area contributed by atoms with E-state index in [9.17, 15) is 19.5 Å². The van der Waals surface area contributed by atoms with Gasteiger partial charge in [-0.1, -0.05) is 45.4 Å². The number of rotatable bonds is 12. The number of carbonyl (C=O) groups is 3. The van der Waals surface area contributed by atoms with Crippen molar-refractivity contribution >= 4 is 17.9 Å². The molecular formula is C15H26NNaO5. The van der Waals surface area contributed by atoms with Gasteiger partial charge in [-0.15, -0.1) is 0 Å². The number of ether oxygens (including phenoxy) is 1. The minimum Gasteiger partial charge on any atom is -0.550 e. The van der Waals surface area contributed by atoms with E-state index in [0.29, 0.717) is 6.42 Å². The smallest absolute Gasteiger partial charge is 0.550 e. The first-order chi connectivity index (χ1) is 9.97. The predicted octanol–water partition coefficient (Wildman–Crippen LogP) is -1.94. The quantitative estimate of drug-likeness (QED) is 0.194. The SMILES string of the molecule is CCCCCCCCCC(=O)OC(=O)C(N)CCC(=O)[O-].[Na+]. The fourth-order valence-corrected chi connectivity index (χ4v) is 1.86. The molecule has 122 valence electrons. The topological polar surface area (TPSA) is 110 Å². The number of hydrogen-bond acceptors (Lipinski definition) is 6. The van der Waals surface area contributed by atoms with Gasteiger partial charge in [0.15, 0.2) is 0 Å². The predicted molar refractivity (Wildman–Crippen MR) is 75.9 cm³/mol. The van der Waals surface area contributed by atoms with Crippen LogP contribution in [0.3, 0.4) is 0 Å². The number of carboxylic acids is 1. The molecule has 0 fully saturated rings. The van der Waals surface area contributed by atoms with Gasteiger partial charge >= 0.3 is 41.5 Å². The molecule has 0 aromatic carbocycles. The summed E-state index contributed by atoms with van der Waals surface area (Å²) in [6.07, 6.45) is 7.28. The Kier molecular flexibility index (Phi) is 16.8. The molecule has 0 aliphatic rings. The van der Waals surface area contributed by atoms with Gasteiger partial charge in [0, 0.05) is 12.4 Å². The van der Waals surface area contributed by atoms with Gasteiger partial charge in [-0.2, -0.15) is 0 Å². The molecule has 0 bridgehead atoms. The number of carbonyl (C=O) groups excluding carboxylic acids is 3. The van der Waals surface area contributed by atoms with E-state index in [2.05, 4.69) is 11.7 Å². The van der Waals surface area contributed by atoms with Crippen molar-refractivity contribution in [1.82, 2.24) is 0 Å². The van der Waals surface area contributed by atoms with Crippen LogP contribution in [0.1, 0.15) is 71.1 Å². The molecular weight excluding hydrogens is 297 g/mol. The van der Waals surface area contributed by atoms with Crippen molar-refractivity contribution in [2.75, 3.05) is 0 Å². The van der Waals surface area contributed by atoms with Crippen LogP contribution in [0.4, 0.5) is 0 Å². The molecule has 0 spiro atoms. The second-order valence-corrected chi connectivity index (χ2v) is 5.18. The Hall–Kier alpha value is -0.430. The summed E-state index contributed by atoms with van der Waals surface area (Å²) in [7, 11) is 0. The Labute approximate surface area is 154 Å². The first kappa shape index (κ1) is 23.8. The van der Waals surface area contributed by atoms with E-state index in [1.807, 2.05) is 0 Å². The van der Waals surface area contributed by atoms with Crippen LogP contribution in [0.2, 0.25) is 0 Å². The van der Waals surface area contributed by atoms with E-state index in [4.69, 9.17) is 5.73 Å². The molecule has 1 atom stereocenters. The van der Waals surface area contributed by atoms with E-state index in [0.717, 1.165) is 19.3 Å². The van der Waals surface area contributed by atoms with Gasteiger partial charge in [-0.3, -0.25) is 4.79 Å². The third-order valence-electron chi connectivity index (χ3n) is 3.16. The molecule has 0 aromatic rings. The molecule has 2 N–H and O–H groups in total. The van der Waals surface area contributed by atoms with Gasteiger partial charge in [0.1, 0.15) is 6.04 Å². The molecule has 7 heteroatoms. The van der Waals surface area contributed by atoms with Gasteiger partial charge in [-0.25, -0.2) is 4.79 Å². The monoisotopic (exact) mass is 323 g/mol. The molecule has 0 aliphatic heterocycles. The van der Waals surface area contributed by atoms with Crippen molar-refractivity contribution in [3.05, 3.63) is 0 Å². The number of nitrogens with two attached hydrogens (primary N) is 1. The van der Waals surface area contributed by atoms with Crippen LogP contribution < -0.4 is 40.4 Å². The molecule has 0 heterocycles. The molecule has 0 aliphatic carbocycles. The summed E-state index contributed by atoms with van der Waals surface area (Å²) < 4.78 is 4.57. The molecule has 0 rings (SSSR count). The Morgan fingerprint density at radius 3 is 2.09 bits per heavy atom. The normalized spacial score (nSPS) is 11.4. The summed E-state index contributed by atoms with van der Waals surface area (Å²) in [4.78, 5) is 33.0. The zero-order valence-electron chi connectivity index (χ0n) is 13.8. The zero-order chi connectivity index (χ0) is 16.1. The Morgan fingerprint density at radius 2 is 1.55 bits per heavy atom. The van der Waals surface area contributed by atoms with Crippen molar-refractivity contribution in [2.45, 2.75) is 77.2 Å². The minimum absolute atomic E-state index is 0. The maximum atomic E-state index is 11.4. The second-order valence-electron chi connectivity index (χ2n) is 5.18. The molecule has 0 saturated heterocycles. The Balaban J connectivity index is 0. The molecule has 0 saturated carbocycles. The van der Waals surface area contributed by atoms with Crippen LogP contribution in [0, 0.1) is 0 Å². The maximum absolute atomic E-state index is 11.4. The van der Waals surface area contributed by atoms with Gasteiger partial charge in [-0.05, 0) is 19.3 Å². The molecule has 6 nitrogen and oxygen atoms in total. The van der Waals surface area contributed by atoms with E-state index in [1.54, 1.807) is 0 Å². The summed E-state index contributed by atoms with van der Waals surface area (Å²) in [6, 6.07) is -1.10. The summed E-state index contributed by atoms with van der Waals surface area (Å²) in [5.74, 6) is -2.76. The third kappa shape index (κ3) is 14.5. The molecule has 0 radical (unpaired) electrons. The molecule has 0 aromatic heterocycles. The first-order valence-corrected chi connectivity index (χ1v) is 7.67. The van der Waals surface area contributed by atoms with Crippen LogP contribution >= 0.6 is 0 Å². The average molecular weight is 323 g/mol. The average Bonchev–Trinajstić information content (AvgIpc) is 2.43. The van der Waals surface area contributed by atoms with E-state index >= 15 is 0 Å². The van der Waals surface area contributed by atoms with Crippen LogP contribution in [0.25, 0.3) is 0 Å². The van der Waals surface area contributed by atoms with Crippen LogP contribution in [-0.4, -0.2) is 23.9 Å². The first-order valence-electron chi connectivity index (χ1n) is 7.67. The largest absolute Gasteiger partial charge is 1.00 e. The van der Waals surface area contributed by atoms with Gasteiger partial charge < -0.3 is 20.4 Å². The van der Waals surface area contributed by atoms with Gasteiger partial charge in [0.05, 0.1) is 0 Å². The maximum Gasteiger partial charge on any atom is 1.00 e. The van der Waals surface area contributed by atoms with E-state index in [1.165, 1.54) is 19.3 Å². The van der Waals surface area contributed by atoms with Crippen molar-refractivity contribution in [1.29, 1.82) is 0 Å². The molecule has 0 amide bonds. The van der Waals surface area contributed by atoms with Crippen molar-refractivity contribution in [3.63, 3.8) is 0 Å². The number of aliphatic carboxylic acids is 1. The van der Waals surface area contributed by atoms with Crippen molar-refractivity contribution in [3.8, 4) is 0 Å². The summed E-state index contributed by atoms with van der Waals surface area (Å²) in [5.41, 5.74) is 5.42. The van der Waals surface area contributed by atoms with Crippen LogP contribution in [0.5, 0.6) is 0 Å². The number of unbranched alkanes of at least 4 members (excludes halogenated alkanes) is 6. The minimum atomic E-state index is -1.28. The Bertz CT molecular complexity index is 336. The number of esters is 2. The summed E-state index contributed by atoms with van der Waals surface area (Å²) in [6.45, 7) is 2.16. The van der Waals surface area contributed by atoms with E-state index in [-0.39, 0.29) is 48.8 Å². The molecule has 22 heavy (non-hydrogen) atoms. The van der Waals surface area contributed by atoms with E-state index < -0.39 is 23.9 Å². The van der Waals surface area contributed by atoms with Crippen LogP contribution in [0.15, 0.2) is 0 Å². The number of carboxylic acid groups (broad SMARTS) is 1. The van der Waals surface area contributed by atoms with Crippen molar-refractivity contribution in [2.24, 2.45) is 5.73 Å². The Morgan fingerprint density at radius 1 is 1.00 bits per heavy atom. The molecule has 1 unspecified atom stereocenters. The number of hydrogen-bond donors (Lipinski definition) is 1. The standard InChI is InChI=1S/C15H27NO5.Na/c1-2-3-4-5-6-7-8-9-14(19)21-15(20)12(16)10-11-13(17)18;/h12H,2-11,16H2,1H3,(H,17,18);/q;+1/p-1. The fraction of sp³-hybridized carbons (Fsp3) is 0.800. The zero-order valence-corrected chi connectivity index (χ0v) is 15.8. The van der Waals surface area contributed by atoms with Crippen molar-refractivity contribution < 1.29 is 53.8 Å².